The Morgan fingerprint density at radius 2 is 1.81 bits per heavy atom. The molecule has 0 saturated carbocycles. The number of thiazole rings is 1. The number of fused-ring (bicyclic) bond motifs is 1. The van der Waals surface area contributed by atoms with Crippen molar-refractivity contribution in [2.75, 3.05) is 49.9 Å². The summed E-state index contributed by atoms with van der Waals surface area (Å²) in [5.41, 5.74) is 0.217. The molecular weight excluding hydrogens is 457 g/mol. The molecule has 3 aromatic rings. The molecule has 1 aromatic heterocycles. The average Bonchev–Trinajstić information content (AvgIpc) is 3.20. The number of aromatic nitrogens is 1. The Hall–Kier alpha value is -2.30. The van der Waals surface area contributed by atoms with Gasteiger partial charge in [-0.1, -0.05) is 11.3 Å². The van der Waals surface area contributed by atoms with Crippen molar-refractivity contribution in [2.45, 2.75) is 11.3 Å². The molecule has 0 bridgehead atoms. The molecule has 4 rings (SSSR count). The number of rotatable bonds is 8. The minimum atomic E-state index is -0.632. The summed E-state index contributed by atoms with van der Waals surface area (Å²) in [6.45, 7) is 4.43. The van der Waals surface area contributed by atoms with Crippen molar-refractivity contribution in [2.24, 2.45) is 0 Å². The van der Waals surface area contributed by atoms with Crippen molar-refractivity contribution in [3.8, 4) is 0 Å². The van der Waals surface area contributed by atoms with E-state index in [0.29, 0.717) is 28.5 Å². The first-order valence-electron chi connectivity index (χ1n) is 10.4. The molecule has 0 radical (unpaired) electrons. The van der Waals surface area contributed by atoms with Crippen LogP contribution in [0.5, 0.6) is 0 Å². The molecule has 0 spiro atoms. The van der Waals surface area contributed by atoms with Gasteiger partial charge in [0.05, 0.1) is 4.70 Å². The molecule has 0 unspecified atom stereocenters. The van der Waals surface area contributed by atoms with E-state index in [0.717, 1.165) is 43.7 Å². The van der Waals surface area contributed by atoms with Crippen molar-refractivity contribution in [1.29, 1.82) is 0 Å². The molecule has 5 nitrogen and oxygen atoms in total. The van der Waals surface area contributed by atoms with Crippen LogP contribution in [0.25, 0.3) is 10.2 Å². The molecule has 32 heavy (non-hydrogen) atoms. The molecule has 1 N–H and O–H groups in total. The van der Waals surface area contributed by atoms with Crippen LogP contribution < -0.4 is 10.2 Å². The summed E-state index contributed by atoms with van der Waals surface area (Å²) in [6, 6.07) is 8.42. The van der Waals surface area contributed by atoms with Gasteiger partial charge in [0.2, 0.25) is 5.91 Å². The van der Waals surface area contributed by atoms with Gasteiger partial charge < -0.3 is 10.2 Å². The van der Waals surface area contributed by atoms with Gasteiger partial charge in [0, 0.05) is 62.4 Å². The number of carbonyl (C=O) groups is 1. The molecule has 0 aliphatic carbocycles. The second-order valence-corrected chi connectivity index (χ2v) is 9.64. The van der Waals surface area contributed by atoms with Crippen molar-refractivity contribution < 1.29 is 18.0 Å². The lowest BCUT2D eigenvalue weighted by molar-refractivity contribution is -0.120. The zero-order chi connectivity index (χ0) is 22.5. The largest absolute Gasteiger partial charge is 0.355 e. The summed E-state index contributed by atoms with van der Waals surface area (Å²) in [5.74, 6) is -0.846. The van der Waals surface area contributed by atoms with E-state index >= 15 is 0 Å². The molecule has 0 atom stereocenters. The van der Waals surface area contributed by atoms with Crippen LogP contribution >= 0.6 is 23.1 Å². The van der Waals surface area contributed by atoms with Gasteiger partial charge in [0.15, 0.2) is 10.9 Å². The highest BCUT2D eigenvalue weighted by molar-refractivity contribution is 7.99. The Labute approximate surface area is 192 Å². The Balaban J connectivity index is 1.15. The Kier molecular flexibility index (Phi) is 7.54. The van der Waals surface area contributed by atoms with Gasteiger partial charge in [0.1, 0.15) is 17.2 Å². The zero-order valence-electron chi connectivity index (χ0n) is 17.3. The first-order valence-corrected chi connectivity index (χ1v) is 12.2. The van der Waals surface area contributed by atoms with E-state index in [1.807, 2.05) is 0 Å². The summed E-state index contributed by atoms with van der Waals surface area (Å²) in [6.07, 6.45) is 0.407. The van der Waals surface area contributed by atoms with Crippen LogP contribution in [0.2, 0.25) is 0 Å². The molecule has 10 heteroatoms. The van der Waals surface area contributed by atoms with Crippen LogP contribution in [-0.2, 0) is 4.79 Å². The van der Waals surface area contributed by atoms with Crippen LogP contribution in [0.15, 0.2) is 41.3 Å². The van der Waals surface area contributed by atoms with Crippen molar-refractivity contribution in [3.05, 3.63) is 53.8 Å². The number of anilines is 1. The number of piperazine rings is 1. The quantitative estimate of drug-likeness (QED) is 0.492. The summed E-state index contributed by atoms with van der Waals surface area (Å²) >= 11 is 2.83. The van der Waals surface area contributed by atoms with E-state index in [1.165, 1.54) is 41.3 Å². The summed E-state index contributed by atoms with van der Waals surface area (Å²) in [7, 11) is 0. The van der Waals surface area contributed by atoms with Crippen molar-refractivity contribution in [3.63, 3.8) is 0 Å². The number of amides is 1. The fourth-order valence-corrected chi connectivity index (χ4v) is 5.39. The van der Waals surface area contributed by atoms with Gasteiger partial charge in [-0.2, -0.15) is 0 Å². The third kappa shape index (κ3) is 5.93. The lowest BCUT2D eigenvalue weighted by atomic mass is 10.3. The number of nitrogens with zero attached hydrogens (tertiary/aromatic N) is 3. The molecule has 1 amide bonds. The number of halogens is 3. The summed E-state index contributed by atoms with van der Waals surface area (Å²) in [4.78, 5) is 21.7. The summed E-state index contributed by atoms with van der Waals surface area (Å²) in [5, 5.41) is 3.65. The number of thioether (sulfide) groups is 1. The van der Waals surface area contributed by atoms with E-state index in [9.17, 15) is 18.0 Å². The standard InChI is InChI=1S/C22H23F3N4OS2/c23-15-1-3-17(4-2-15)31-12-5-20(30)26-6-7-28-8-10-29(11-9-28)22-27-21-18(25)13-16(24)14-19(21)32-22/h1-4,13-14H,5-12H2,(H,26,30). The van der Waals surface area contributed by atoms with Gasteiger partial charge >= 0.3 is 0 Å². The van der Waals surface area contributed by atoms with Gasteiger partial charge in [0.25, 0.3) is 0 Å². The molecular formula is C22H23F3N4OS2. The number of carbonyl (C=O) groups excluding carboxylic acids is 1. The maximum atomic E-state index is 13.9. The Morgan fingerprint density at radius 3 is 2.56 bits per heavy atom. The lowest BCUT2D eigenvalue weighted by Gasteiger charge is -2.34. The fraction of sp³-hybridized carbons (Fsp3) is 0.364. The zero-order valence-corrected chi connectivity index (χ0v) is 19.0. The van der Waals surface area contributed by atoms with Crippen LogP contribution in [0.4, 0.5) is 18.3 Å². The maximum Gasteiger partial charge on any atom is 0.220 e. The topological polar surface area (TPSA) is 48.5 Å². The van der Waals surface area contributed by atoms with Crippen LogP contribution in [0, 0.1) is 17.5 Å². The van der Waals surface area contributed by atoms with Gasteiger partial charge in [-0.05, 0) is 30.3 Å². The van der Waals surface area contributed by atoms with E-state index in [1.54, 1.807) is 12.1 Å². The molecule has 1 aliphatic rings. The molecule has 2 aromatic carbocycles. The number of benzene rings is 2. The predicted molar refractivity (Wildman–Crippen MR) is 123 cm³/mol. The van der Waals surface area contributed by atoms with Crippen molar-refractivity contribution >= 4 is 44.4 Å². The van der Waals surface area contributed by atoms with Gasteiger partial charge in [-0.25, -0.2) is 18.2 Å². The highest BCUT2D eigenvalue weighted by Gasteiger charge is 2.21. The fourth-order valence-electron chi connectivity index (χ4n) is 3.48. The van der Waals surface area contributed by atoms with Crippen LogP contribution in [-0.4, -0.2) is 60.8 Å². The van der Waals surface area contributed by atoms with Gasteiger partial charge in [-0.3, -0.25) is 9.69 Å². The first-order chi connectivity index (χ1) is 15.5. The van der Waals surface area contributed by atoms with E-state index in [2.05, 4.69) is 20.1 Å². The molecule has 1 fully saturated rings. The van der Waals surface area contributed by atoms with Crippen LogP contribution in [0.3, 0.4) is 0 Å². The highest BCUT2D eigenvalue weighted by Crippen LogP contribution is 2.31. The molecule has 170 valence electrons. The molecule has 2 heterocycles. The third-order valence-corrected chi connectivity index (χ3v) is 7.28. The minimum absolute atomic E-state index is 0.00184. The Morgan fingerprint density at radius 1 is 1.06 bits per heavy atom. The van der Waals surface area contributed by atoms with E-state index < -0.39 is 11.6 Å². The average molecular weight is 481 g/mol. The SMILES string of the molecule is O=C(CCSc1ccc(F)cc1)NCCN1CCN(c2nc3c(F)cc(F)cc3s2)CC1. The first kappa shape index (κ1) is 22.9. The van der Waals surface area contributed by atoms with Crippen LogP contribution in [0.1, 0.15) is 6.42 Å². The normalized spacial score (nSPS) is 14.8. The number of hydrogen-bond donors (Lipinski definition) is 1. The highest BCUT2D eigenvalue weighted by atomic mass is 32.2. The predicted octanol–water partition coefficient (Wildman–Crippen LogP) is 4.13. The minimum Gasteiger partial charge on any atom is -0.355 e. The lowest BCUT2D eigenvalue weighted by Crippen LogP contribution is -2.48. The number of hydrogen-bond acceptors (Lipinski definition) is 6. The van der Waals surface area contributed by atoms with E-state index in [4.69, 9.17) is 0 Å². The third-order valence-electron chi connectivity index (χ3n) is 5.21. The Bertz CT molecular complexity index is 1070. The smallest absolute Gasteiger partial charge is 0.220 e. The molecule has 1 aliphatic heterocycles. The van der Waals surface area contributed by atoms with Crippen molar-refractivity contribution in [1.82, 2.24) is 15.2 Å². The second kappa shape index (κ2) is 10.5. The second-order valence-electron chi connectivity index (χ2n) is 7.46. The summed E-state index contributed by atoms with van der Waals surface area (Å²) < 4.78 is 40.7. The number of nitrogens with one attached hydrogen (secondary N) is 1. The van der Waals surface area contributed by atoms with E-state index in [-0.39, 0.29) is 17.2 Å². The monoisotopic (exact) mass is 480 g/mol. The molecule has 1 saturated heterocycles. The maximum absolute atomic E-state index is 13.9. The van der Waals surface area contributed by atoms with Gasteiger partial charge in [-0.15, -0.1) is 11.8 Å².